The molecule has 0 radical (unpaired) electrons. The highest BCUT2D eigenvalue weighted by Gasteiger charge is 2.02. The molecule has 0 saturated heterocycles. The van der Waals surface area contributed by atoms with Crippen molar-refractivity contribution in [3.05, 3.63) is 57.5 Å². The van der Waals surface area contributed by atoms with Crippen LogP contribution in [0.4, 0.5) is 0 Å². The molecule has 2 aromatic carbocycles. The zero-order chi connectivity index (χ0) is 12.3. The van der Waals surface area contributed by atoms with E-state index in [1.54, 1.807) is 11.8 Å². The van der Waals surface area contributed by atoms with Crippen LogP contribution in [0.15, 0.2) is 56.7 Å². The average Bonchev–Trinajstić information content (AvgIpc) is 2.34. The molecule has 0 saturated carbocycles. The zero-order valence-electron chi connectivity index (χ0n) is 9.41. The van der Waals surface area contributed by atoms with Gasteiger partial charge in [-0.3, -0.25) is 0 Å². The van der Waals surface area contributed by atoms with Crippen LogP contribution in [0.5, 0.6) is 0 Å². The lowest BCUT2D eigenvalue weighted by molar-refractivity contribution is 1.11. The van der Waals surface area contributed by atoms with Gasteiger partial charge in [0.1, 0.15) is 0 Å². The van der Waals surface area contributed by atoms with Crippen molar-refractivity contribution in [2.75, 3.05) is 0 Å². The minimum Gasteiger partial charge on any atom is -0.0901 e. The van der Waals surface area contributed by atoms with Gasteiger partial charge < -0.3 is 0 Å². The highest BCUT2D eigenvalue weighted by molar-refractivity contribution is 9.10. The summed E-state index contributed by atoms with van der Waals surface area (Å²) >= 11 is 11.2. The third-order valence-corrected chi connectivity index (χ3v) is 4.47. The Kier molecular flexibility index (Phi) is 4.55. The van der Waals surface area contributed by atoms with E-state index in [2.05, 4.69) is 41.1 Å². The molecule has 0 bridgehead atoms. The molecular weight excluding hydrogens is 316 g/mol. The lowest BCUT2D eigenvalue weighted by atomic mass is 10.2. The third-order valence-electron chi connectivity index (χ3n) is 2.45. The minimum absolute atomic E-state index is 0.777. The van der Waals surface area contributed by atoms with E-state index in [-0.39, 0.29) is 0 Å². The molecule has 0 atom stereocenters. The zero-order valence-corrected chi connectivity index (χ0v) is 12.6. The SMILES string of the molecule is CCc1cc(Sc2ccc(Cl)cc2)ccc1Br. The lowest BCUT2D eigenvalue weighted by Crippen LogP contribution is -1.83. The summed E-state index contributed by atoms with van der Waals surface area (Å²) in [5.74, 6) is 0. The monoisotopic (exact) mass is 326 g/mol. The van der Waals surface area contributed by atoms with Gasteiger partial charge in [0.25, 0.3) is 0 Å². The van der Waals surface area contributed by atoms with Gasteiger partial charge in [-0.25, -0.2) is 0 Å². The van der Waals surface area contributed by atoms with E-state index in [0.717, 1.165) is 11.4 Å². The summed E-state index contributed by atoms with van der Waals surface area (Å²) in [4.78, 5) is 2.46. The molecular formula is C14H12BrClS. The summed E-state index contributed by atoms with van der Waals surface area (Å²) in [5, 5.41) is 0.777. The van der Waals surface area contributed by atoms with E-state index in [4.69, 9.17) is 11.6 Å². The van der Waals surface area contributed by atoms with Gasteiger partial charge in [-0.2, -0.15) is 0 Å². The molecule has 0 unspecified atom stereocenters. The summed E-state index contributed by atoms with van der Waals surface area (Å²) in [7, 11) is 0. The van der Waals surface area contributed by atoms with Crippen molar-refractivity contribution in [2.24, 2.45) is 0 Å². The standard InChI is InChI=1S/C14H12BrClS/c1-2-10-9-13(7-8-14(10)15)17-12-5-3-11(16)4-6-12/h3-9H,2H2,1H3. The Morgan fingerprint density at radius 1 is 1.06 bits per heavy atom. The Balaban J connectivity index is 2.21. The Morgan fingerprint density at radius 2 is 1.71 bits per heavy atom. The summed E-state index contributed by atoms with van der Waals surface area (Å²) < 4.78 is 1.18. The van der Waals surface area contributed by atoms with Crippen molar-refractivity contribution in [1.29, 1.82) is 0 Å². The van der Waals surface area contributed by atoms with Gasteiger partial charge in [0.05, 0.1) is 0 Å². The average molecular weight is 328 g/mol. The first-order chi connectivity index (χ1) is 8.19. The van der Waals surface area contributed by atoms with Crippen molar-refractivity contribution in [1.82, 2.24) is 0 Å². The Labute approximate surface area is 120 Å². The normalized spacial score (nSPS) is 10.5. The maximum atomic E-state index is 5.87. The van der Waals surface area contributed by atoms with Crippen LogP contribution in [-0.2, 0) is 6.42 Å². The summed E-state index contributed by atoms with van der Waals surface area (Å²) in [6.45, 7) is 2.16. The number of hydrogen-bond donors (Lipinski definition) is 0. The smallest absolute Gasteiger partial charge is 0.0406 e. The molecule has 0 amide bonds. The predicted octanol–water partition coefficient (Wildman–Crippen LogP) is 5.82. The van der Waals surface area contributed by atoms with E-state index in [1.165, 1.54) is 19.8 Å². The first kappa shape index (κ1) is 13.0. The van der Waals surface area contributed by atoms with Gasteiger partial charge in [0.15, 0.2) is 0 Å². The second-order valence-corrected chi connectivity index (χ2v) is 6.10. The quantitative estimate of drug-likeness (QED) is 0.685. The van der Waals surface area contributed by atoms with Crippen LogP contribution >= 0.6 is 39.3 Å². The fraction of sp³-hybridized carbons (Fsp3) is 0.143. The Hall–Kier alpha value is -0.440. The van der Waals surface area contributed by atoms with E-state index in [0.29, 0.717) is 0 Å². The third kappa shape index (κ3) is 3.51. The van der Waals surface area contributed by atoms with E-state index >= 15 is 0 Å². The van der Waals surface area contributed by atoms with Crippen LogP contribution in [-0.4, -0.2) is 0 Å². The molecule has 3 heteroatoms. The van der Waals surface area contributed by atoms with E-state index in [1.807, 2.05) is 24.3 Å². The molecule has 0 aliphatic heterocycles. The van der Waals surface area contributed by atoms with E-state index < -0.39 is 0 Å². The van der Waals surface area contributed by atoms with Crippen LogP contribution in [0.2, 0.25) is 5.02 Å². The maximum Gasteiger partial charge on any atom is 0.0406 e. The molecule has 0 nitrogen and oxygen atoms in total. The number of benzene rings is 2. The van der Waals surface area contributed by atoms with Gasteiger partial charge in [0, 0.05) is 19.3 Å². The highest BCUT2D eigenvalue weighted by atomic mass is 79.9. The van der Waals surface area contributed by atoms with Crippen molar-refractivity contribution < 1.29 is 0 Å². The molecule has 0 fully saturated rings. The van der Waals surface area contributed by atoms with Crippen molar-refractivity contribution in [3.63, 3.8) is 0 Å². The molecule has 0 aliphatic rings. The summed E-state index contributed by atoms with van der Waals surface area (Å²) in [5.41, 5.74) is 1.34. The number of rotatable bonds is 3. The number of aryl methyl sites for hydroxylation is 1. The number of hydrogen-bond acceptors (Lipinski definition) is 1. The van der Waals surface area contributed by atoms with Crippen LogP contribution in [0.25, 0.3) is 0 Å². The predicted molar refractivity (Wildman–Crippen MR) is 79.1 cm³/mol. The van der Waals surface area contributed by atoms with Gasteiger partial charge in [-0.1, -0.05) is 46.2 Å². The van der Waals surface area contributed by atoms with Gasteiger partial charge in [-0.05, 0) is 54.4 Å². The molecule has 0 aliphatic carbocycles. The van der Waals surface area contributed by atoms with Gasteiger partial charge in [-0.15, -0.1) is 0 Å². The molecule has 0 aromatic heterocycles. The van der Waals surface area contributed by atoms with Crippen molar-refractivity contribution in [2.45, 2.75) is 23.1 Å². The largest absolute Gasteiger partial charge is 0.0901 e. The van der Waals surface area contributed by atoms with E-state index in [9.17, 15) is 0 Å². The van der Waals surface area contributed by atoms with Gasteiger partial charge >= 0.3 is 0 Å². The van der Waals surface area contributed by atoms with Crippen LogP contribution in [0.3, 0.4) is 0 Å². The first-order valence-corrected chi connectivity index (χ1v) is 7.39. The fourth-order valence-electron chi connectivity index (χ4n) is 1.52. The summed E-state index contributed by atoms with van der Waals surface area (Å²) in [6.07, 6.45) is 1.04. The van der Waals surface area contributed by atoms with Crippen LogP contribution in [0.1, 0.15) is 12.5 Å². The first-order valence-electron chi connectivity index (χ1n) is 5.41. The molecule has 0 spiro atoms. The molecule has 88 valence electrons. The second-order valence-electron chi connectivity index (χ2n) is 3.66. The van der Waals surface area contributed by atoms with Crippen LogP contribution < -0.4 is 0 Å². The molecule has 0 N–H and O–H groups in total. The Bertz CT molecular complexity index is 508. The van der Waals surface area contributed by atoms with Crippen molar-refractivity contribution in [3.8, 4) is 0 Å². The molecule has 2 aromatic rings. The van der Waals surface area contributed by atoms with Crippen LogP contribution in [0, 0.1) is 0 Å². The van der Waals surface area contributed by atoms with Gasteiger partial charge in [0.2, 0.25) is 0 Å². The van der Waals surface area contributed by atoms with Crippen molar-refractivity contribution >= 4 is 39.3 Å². The fourth-order valence-corrected chi connectivity index (χ4v) is 3.06. The second kappa shape index (κ2) is 5.94. The molecule has 2 rings (SSSR count). The minimum atomic E-state index is 0.777. The maximum absolute atomic E-state index is 5.87. The topological polar surface area (TPSA) is 0 Å². The lowest BCUT2D eigenvalue weighted by Gasteiger charge is -2.06. The number of halogens is 2. The highest BCUT2D eigenvalue weighted by Crippen LogP contribution is 2.31. The molecule has 17 heavy (non-hydrogen) atoms. The Morgan fingerprint density at radius 3 is 2.35 bits per heavy atom. The summed E-state index contributed by atoms with van der Waals surface area (Å²) in [6, 6.07) is 14.4. The molecule has 0 heterocycles.